The molecular weight excluding hydrogens is 306 g/mol. The number of hydrogen-bond acceptors (Lipinski definition) is 4. The van der Waals surface area contributed by atoms with E-state index in [4.69, 9.17) is 9.47 Å². The van der Waals surface area contributed by atoms with Gasteiger partial charge < -0.3 is 14.8 Å². The van der Waals surface area contributed by atoms with Crippen molar-refractivity contribution in [2.75, 3.05) is 19.0 Å². The van der Waals surface area contributed by atoms with Crippen molar-refractivity contribution in [3.8, 4) is 11.5 Å². The molecule has 3 rings (SSSR count). The summed E-state index contributed by atoms with van der Waals surface area (Å²) in [6, 6.07) is 5.40. The molecule has 2 aliphatic carbocycles. The van der Waals surface area contributed by atoms with Crippen molar-refractivity contribution in [2.24, 2.45) is 17.8 Å². The number of nitrogens with one attached hydrogen (secondary N) is 1. The van der Waals surface area contributed by atoms with Crippen molar-refractivity contribution >= 4 is 17.4 Å². The zero-order valence-corrected chi connectivity index (χ0v) is 14.3. The first-order valence-electron chi connectivity index (χ1n) is 8.77. The number of anilines is 1. The standard InChI is InChI=1S/C19H25NO4/c1-3-24-16-8-7-15(11-17(16)23-2)20-19(22)14-9-12-5-4-6-13(10-14)18(12)21/h7-8,11-14H,3-6,9-10H2,1-2H3,(H,20,22). The van der Waals surface area contributed by atoms with E-state index in [0.29, 0.717) is 42.4 Å². The molecule has 1 amide bonds. The minimum atomic E-state index is -0.0736. The average molecular weight is 331 g/mol. The number of fused-ring (bicyclic) bond motifs is 2. The van der Waals surface area contributed by atoms with Crippen molar-refractivity contribution in [2.45, 2.75) is 39.0 Å². The average Bonchev–Trinajstić information content (AvgIpc) is 2.56. The number of amides is 1. The fourth-order valence-electron chi connectivity index (χ4n) is 3.96. The van der Waals surface area contributed by atoms with Gasteiger partial charge in [0.1, 0.15) is 5.78 Å². The maximum absolute atomic E-state index is 12.6. The molecule has 5 heteroatoms. The maximum Gasteiger partial charge on any atom is 0.227 e. The van der Waals surface area contributed by atoms with Gasteiger partial charge in [0.2, 0.25) is 5.91 Å². The van der Waals surface area contributed by atoms with Crippen LogP contribution in [0.2, 0.25) is 0 Å². The second-order valence-electron chi connectivity index (χ2n) is 6.68. The van der Waals surface area contributed by atoms with E-state index in [1.165, 1.54) is 0 Å². The number of methoxy groups -OCH3 is 1. The predicted molar refractivity (Wildman–Crippen MR) is 91.4 cm³/mol. The molecule has 2 unspecified atom stereocenters. The van der Waals surface area contributed by atoms with Crippen LogP contribution in [0.5, 0.6) is 11.5 Å². The summed E-state index contributed by atoms with van der Waals surface area (Å²) >= 11 is 0. The van der Waals surface area contributed by atoms with Crippen molar-refractivity contribution in [1.82, 2.24) is 0 Å². The fourth-order valence-corrected chi connectivity index (χ4v) is 3.96. The van der Waals surface area contributed by atoms with E-state index in [-0.39, 0.29) is 23.7 Å². The van der Waals surface area contributed by atoms with Gasteiger partial charge in [-0.2, -0.15) is 0 Å². The molecule has 2 bridgehead atoms. The minimum Gasteiger partial charge on any atom is -0.493 e. The molecule has 0 radical (unpaired) electrons. The molecule has 0 heterocycles. The molecule has 5 nitrogen and oxygen atoms in total. The quantitative estimate of drug-likeness (QED) is 0.898. The molecule has 1 aromatic carbocycles. The molecular formula is C19H25NO4. The predicted octanol–water partition coefficient (Wildman–Crippen LogP) is 3.43. The van der Waals surface area contributed by atoms with Gasteiger partial charge in [-0.1, -0.05) is 6.42 Å². The summed E-state index contributed by atoms with van der Waals surface area (Å²) in [7, 11) is 1.58. The third kappa shape index (κ3) is 3.40. The lowest BCUT2D eigenvalue weighted by Gasteiger charge is -2.36. The normalized spacial score (nSPS) is 25.9. The summed E-state index contributed by atoms with van der Waals surface area (Å²) in [4.78, 5) is 24.8. The van der Waals surface area contributed by atoms with Crippen LogP contribution in [0.15, 0.2) is 18.2 Å². The largest absolute Gasteiger partial charge is 0.493 e. The number of ether oxygens (including phenoxy) is 2. The molecule has 2 fully saturated rings. The van der Waals surface area contributed by atoms with E-state index in [2.05, 4.69) is 5.32 Å². The van der Waals surface area contributed by atoms with Crippen molar-refractivity contribution in [3.05, 3.63) is 18.2 Å². The Morgan fingerprint density at radius 2 is 1.92 bits per heavy atom. The van der Waals surface area contributed by atoms with E-state index in [0.717, 1.165) is 19.3 Å². The summed E-state index contributed by atoms with van der Waals surface area (Å²) in [5, 5.41) is 2.97. The van der Waals surface area contributed by atoms with Gasteiger partial charge in [0.05, 0.1) is 13.7 Å². The topological polar surface area (TPSA) is 64.6 Å². The summed E-state index contributed by atoms with van der Waals surface area (Å²) in [5.41, 5.74) is 0.697. The Balaban J connectivity index is 1.67. The number of carbonyl (C=O) groups excluding carboxylic acids is 2. The third-order valence-corrected chi connectivity index (χ3v) is 5.15. The Morgan fingerprint density at radius 3 is 2.54 bits per heavy atom. The summed E-state index contributed by atoms with van der Waals surface area (Å²) < 4.78 is 10.8. The Bertz CT molecular complexity index is 612. The molecule has 1 aromatic rings. The Labute approximate surface area is 142 Å². The molecule has 130 valence electrons. The molecule has 0 saturated heterocycles. The van der Waals surface area contributed by atoms with Crippen molar-refractivity contribution in [1.29, 1.82) is 0 Å². The first-order valence-corrected chi connectivity index (χ1v) is 8.77. The van der Waals surface area contributed by atoms with Gasteiger partial charge in [0, 0.05) is 29.5 Å². The second kappa shape index (κ2) is 7.24. The van der Waals surface area contributed by atoms with Crippen LogP contribution in [0, 0.1) is 17.8 Å². The van der Waals surface area contributed by atoms with E-state index < -0.39 is 0 Å². The van der Waals surface area contributed by atoms with E-state index in [1.54, 1.807) is 19.2 Å². The zero-order valence-electron chi connectivity index (χ0n) is 14.3. The van der Waals surface area contributed by atoms with E-state index >= 15 is 0 Å². The highest BCUT2D eigenvalue weighted by Gasteiger charge is 2.41. The molecule has 2 saturated carbocycles. The SMILES string of the molecule is CCOc1ccc(NC(=O)C2CC3CCCC(C2)C3=O)cc1OC. The molecule has 1 N–H and O–H groups in total. The highest BCUT2D eigenvalue weighted by Crippen LogP contribution is 2.40. The van der Waals surface area contributed by atoms with Gasteiger partial charge in [-0.3, -0.25) is 9.59 Å². The van der Waals surface area contributed by atoms with E-state index in [1.807, 2.05) is 13.0 Å². The van der Waals surface area contributed by atoms with Crippen LogP contribution >= 0.6 is 0 Å². The van der Waals surface area contributed by atoms with Gasteiger partial charge in [-0.25, -0.2) is 0 Å². The monoisotopic (exact) mass is 331 g/mol. The van der Waals surface area contributed by atoms with E-state index in [9.17, 15) is 9.59 Å². The summed E-state index contributed by atoms with van der Waals surface area (Å²) in [5.74, 6) is 1.75. The molecule has 2 atom stereocenters. The van der Waals surface area contributed by atoms with Gasteiger partial charge in [0.15, 0.2) is 11.5 Å². The van der Waals surface area contributed by atoms with Gasteiger partial charge in [-0.05, 0) is 44.7 Å². The van der Waals surface area contributed by atoms with Crippen LogP contribution in [-0.4, -0.2) is 25.4 Å². The molecule has 24 heavy (non-hydrogen) atoms. The smallest absolute Gasteiger partial charge is 0.227 e. The maximum atomic E-state index is 12.6. The van der Waals surface area contributed by atoms with Crippen LogP contribution in [0.1, 0.15) is 39.0 Å². The number of benzene rings is 1. The highest BCUT2D eigenvalue weighted by atomic mass is 16.5. The number of hydrogen-bond donors (Lipinski definition) is 1. The lowest BCUT2D eigenvalue weighted by Crippen LogP contribution is -2.40. The lowest BCUT2D eigenvalue weighted by atomic mass is 9.67. The molecule has 0 aliphatic heterocycles. The highest BCUT2D eigenvalue weighted by molar-refractivity contribution is 5.95. The Hall–Kier alpha value is -2.04. The zero-order chi connectivity index (χ0) is 17.1. The Morgan fingerprint density at radius 1 is 1.21 bits per heavy atom. The molecule has 0 spiro atoms. The fraction of sp³-hybridized carbons (Fsp3) is 0.579. The first kappa shape index (κ1) is 16.8. The van der Waals surface area contributed by atoms with Crippen LogP contribution in [0.25, 0.3) is 0 Å². The van der Waals surface area contributed by atoms with Crippen LogP contribution in [0.4, 0.5) is 5.69 Å². The number of rotatable bonds is 5. The van der Waals surface area contributed by atoms with Crippen LogP contribution in [0.3, 0.4) is 0 Å². The second-order valence-corrected chi connectivity index (χ2v) is 6.68. The lowest BCUT2D eigenvalue weighted by molar-refractivity contribution is -0.136. The minimum absolute atomic E-state index is 0.00520. The summed E-state index contributed by atoms with van der Waals surface area (Å²) in [6.07, 6.45) is 4.38. The van der Waals surface area contributed by atoms with Gasteiger partial charge >= 0.3 is 0 Å². The third-order valence-electron chi connectivity index (χ3n) is 5.15. The van der Waals surface area contributed by atoms with Gasteiger partial charge in [-0.15, -0.1) is 0 Å². The number of Topliss-reactive ketones (excluding diaryl/α,β-unsaturated/α-hetero) is 1. The summed E-state index contributed by atoms with van der Waals surface area (Å²) in [6.45, 7) is 2.47. The van der Waals surface area contributed by atoms with Crippen LogP contribution in [-0.2, 0) is 9.59 Å². The Kier molecular flexibility index (Phi) is 5.07. The van der Waals surface area contributed by atoms with Crippen molar-refractivity contribution < 1.29 is 19.1 Å². The van der Waals surface area contributed by atoms with Gasteiger partial charge in [0.25, 0.3) is 0 Å². The molecule has 0 aromatic heterocycles. The van der Waals surface area contributed by atoms with Crippen LogP contribution < -0.4 is 14.8 Å². The first-order chi connectivity index (χ1) is 11.6. The number of ketones is 1. The number of carbonyl (C=O) groups is 2. The molecule has 2 aliphatic rings. The van der Waals surface area contributed by atoms with Crippen molar-refractivity contribution in [3.63, 3.8) is 0 Å².